The molecule has 0 spiro atoms. The van der Waals surface area contributed by atoms with Crippen LogP contribution in [0.1, 0.15) is 0 Å². The third-order valence-corrected chi connectivity index (χ3v) is 8.97. The van der Waals surface area contributed by atoms with Crippen LogP contribution in [-0.4, -0.2) is 31.1 Å². The molecule has 0 heterocycles. The fourth-order valence-electron chi connectivity index (χ4n) is 3.44. The topological polar surface area (TPSA) is 86.7 Å². The summed E-state index contributed by atoms with van der Waals surface area (Å²) in [6.45, 7) is 0. The van der Waals surface area contributed by atoms with Crippen LogP contribution in [0.5, 0.6) is 11.5 Å². The molecule has 0 bridgehead atoms. The van der Waals surface area contributed by atoms with Crippen molar-refractivity contribution in [2.75, 3.05) is 14.2 Å². The number of hydrogen-bond acceptors (Lipinski definition) is 6. The maximum absolute atomic E-state index is 12.9. The lowest BCUT2D eigenvalue weighted by Gasteiger charge is -2.09. The Morgan fingerprint density at radius 1 is 0.412 bits per heavy atom. The van der Waals surface area contributed by atoms with Crippen molar-refractivity contribution in [3.05, 3.63) is 97.1 Å². The third kappa shape index (κ3) is 4.55. The van der Waals surface area contributed by atoms with Crippen LogP contribution in [0.4, 0.5) is 0 Å². The minimum Gasteiger partial charge on any atom is -0.497 e. The minimum atomic E-state index is -3.67. The summed E-state index contributed by atoms with van der Waals surface area (Å²) >= 11 is 0. The van der Waals surface area contributed by atoms with E-state index in [1.54, 1.807) is 48.5 Å². The SMILES string of the molecule is COc1ccc(S(=O)(=O)c2ccc(-c3ccc(S(=O)(=O)c4ccc(OC)cc4)cc3)cc2)cc1. The standard InChI is InChI=1S/C26H22O6S2/c1-31-21-7-15-25(16-8-21)33(27,28)23-11-3-19(4-12-23)20-5-13-24(14-6-20)34(29,30)26-17-9-22(32-2)10-18-26/h3-18H,1-2H3. The molecule has 0 atom stereocenters. The molecule has 4 aromatic carbocycles. The average molecular weight is 495 g/mol. The number of methoxy groups -OCH3 is 2. The van der Waals surface area contributed by atoms with Crippen LogP contribution in [0.2, 0.25) is 0 Å². The van der Waals surface area contributed by atoms with Crippen molar-refractivity contribution in [3.63, 3.8) is 0 Å². The molecule has 0 aliphatic carbocycles. The highest BCUT2D eigenvalue weighted by Crippen LogP contribution is 2.28. The Labute approximate surface area is 199 Å². The van der Waals surface area contributed by atoms with Gasteiger partial charge in [-0.3, -0.25) is 0 Å². The van der Waals surface area contributed by atoms with Gasteiger partial charge in [-0.15, -0.1) is 0 Å². The van der Waals surface area contributed by atoms with Crippen LogP contribution in [0, 0.1) is 0 Å². The number of rotatable bonds is 7. The zero-order valence-corrected chi connectivity index (χ0v) is 20.1. The molecule has 174 valence electrons. The van der Waals surface area contributed by atoms with E-state index in [1.807, 2.05) is 0 Å². The fraction of sp³-hybridized carbons (Fsp3) is 0.0769. The first-order chi connectivity index (χ1) is 16.3. The fourth-order valence-corrected chi connectivity index (χ4v) is 5.96. The lowest BCUT2D eigenvalue weighted by Crippen LogP contribution is -2.02. The first-order valence-electron chi connectivity index (χ1n) is 10.2. The van der Waals surface area contributed by atoms with E-state index < -0.39 is 19.7 Å². The first kappa shape index (κ1) is 23.5. The average Bonchev–Trinajstić information content (AvgIpc) is 2.89. The molecule has 4 rings (SSSR count). The number of benzene rings is 4. The van der Waals surface area contributed by atoms with Gasteiger partial charge in [0, 0.05) is 0 Å². The Balaban J connectivity index is 1.57. The second kappa shape index (κ2) is 9.32. The number of ether oxygens (including phenoxy) is 2. The van der Waals surface area contributed by atoms with Gasteiger partial charge in [0.05, 0.1) is 33.8 Å². The van der Waals surface area contributed by atoms with E-state index in [0.717, 1.165) is 11.1 Å². The van der Waals surface area contributed by atoms with E-state index in [1.165, 1.54) is 62.8 Å². The zero-order chi connectivity index (χ0) is 24.3. The summed E-state index contributed by atoms with van der Waals surface area (Å²) in [5.74, 6) is 1.15. The highest BCUT2D eigenvalue weighted by atomic mass is 32.2. The summed E-state index contributed by atoms with van der Waals surface area (Å²) in [4.78, 5) is 0.684. The predicted molar refractivity (Wildman–Crippen MR) is 129 cm³/mol. The molecule has 0 amide bonds. The van der Waals surface area contributed by atoms with Crippen LogP contribution in [-0.2, 0) is 19.7 Å². The Morgan fingerprint density at radius 2 is 0.647 bits per heavy atom. The second-order valence-corrected chi connectivity index (χ2v) is 11.3. The molecule has 0 aliphatic heterocycles. The van der Waals surface area contributed by atoms with Crippen molar-refractivity contribution in [1.29, 1.82) is 0 Å². The molecule has 0 aliphatic rings. The van der Waals surface area contributed by atoms with Gasteiger partial charge in [0.25, 0.3) is 0 Å². The third-order valence-electron chi connectivity index (χ3n) is 5.40. The van der Waals surface area contributed by atoms with Crippen LogP contribution in [0.15, 0.2) is 117 Å². The van der Waals surface area contributed by atoms with Gasteiger partial charge in [0.1, 0.15) is 11.5 Å². The quantitative estimate of drug-likeness (QED) is 0.358. The summed E-state index contributed by atoms with van der Waals surface area (Å²) in [7, 11) is -4.30. The lowest BCUT2D eigenvalue weighted by molar-refractivity contribution is 0.414. The van der Waals surface area contributed by atoms with E-state index in [0.29, 0.717) is 11.5 Å². The second-order valence-electron chi connectivity index (χ2n) is 7.41. The van der Waals surface area contributed by atoms with E-state index in [2.05, 4.69) is 0 Å². The minimum absolute atomic E-state index is 0.167. The van der Waals surface area contributed by atoms with Crippen molar-refractivity contribution in [2.45, 2.75) is 19.6 Å². The van der Waals surface area contributed by atoms with Crippen LogP contribution in [0.3, 0.4) is 0 Å². The van der Waals surface area contributed by atoms with Gasteiger partial charge in [-0.1, -0.05) is 24.3 Å². The summed E-state index contributed by atoms with van der Waals surface area (Å²) in [5.41, 5.74) is 1.53. The van der Waals surface area contributed by atoms with Crippen LogP contribution in [0.25, 0.3) is 11.1 Å². The number of hydrogen-bond donors (Lipinski definition) is 0. The normalized spacial score (nSPS) is 11.7. The molecule has 8 heteroatoms. The molecule has 34 heavy (non-hydrogen) atoms. The highest BCUT2D eigenvalue weighted by Gasteiger charge is 2.19. The Hall–Kier alpha value is -3.62. The number of sulfone groups is 2. The molecule has 0 fully saturated rings. The van der Waals surface area contributed by atoms with Crippen molar-refractivity contribution in [2.24, 2.45) is 0 Å². The van der Waals surface area contributed by atoms with Crippen molar-refractivity contribution in [3.8, 4) is 22.6 Å². The summed E-state index contributed by atoms with van der Waals surface area (Å²) in [6, 6.07) is 25.4. The Bertz CT molecular complexity index is 1370. The molecule has 0 saturated heterocycles. The lowest BCUT2D eigenvalue weighted by atomic mass is 10.1. The monoisotopic (exact) mass is 494 g/mol. The highest BCUT2D eigenvalue weighted by molar-refractivity contribution is 7.91. The first-order valence-corrected chi connectivity index (χ1v) is 13.2. The summed E-state index contributed by atoms with van der Waals surface area (Å²) in [5, 5.41) is 0. The predicted octanol–water partition coefficient (Wildman–Crippen LogP) is 5.04. The molecule has 0 radical (unpaired) electrons. The van der Waals surface area contributed by atoms with Gasteiger partial charge in [-0.05, 0) is 83.9 Å². The maximum atomic E-state index is 12.9. The molecule has 4 aromatic rings. The van der Waals surface area contributed by atoms with E-state index in [9.17, 15) is 16.8 Å². The summed E-state index contributed by atoms with van der Waals surface area (Å²) < 4.78 is 61.7. The summed E-state index contributed by atoms with van der Waals surface area (Å²) in [6.07, 6.45) is 0. The Morgan fingerprint density at radius 3 is 0.882 bits per heavy atom. The van der Waals surface area contributed by atoms with Gasteiger partial charge in [-0.25, -0.2) is 16.8 Å². The van der Waals surface area contributed by atoms with E-state index >= 15 is 0 Å². The largest absolute Gasteiger partial charge is 0.497 e. The molecule has 0 unspecified atom stereocenters. The smallest absolute Gasteiger partial charge is 0.206 e. The molecule has 0 N–H and O–H groups in total. The van der Waals surface area contributed by atoms with Crippen molar-refractivity contribution >= 4 is 19.7 Å². The molecule has 0 saturated carbocycles. The van der Waals surface area contributed by atoms with E-state index in [4.69, 9.17) is 9.47 Å². The molecular formula is C26H22O6S2. The van der Waals surface area contributed by atoms with Gasteiger partial charge < -0.3 is 9.47 Å². The molecular weight excluding hydrogens is 472 g/mol. The molecule has 6 nitrogen and oxygen atoms in total. The van der Waals surface area contributed by atoms with Gasteiger partial charge in [0.2, 0.25) is 19.7 Å². The van der Waals surface area contributed by atoms with Gasteiger partial charge in [-0.2, -0.15) is 0 Å². The van der Waals surface area contributed by atoms with Crippen LogP contribution < -0.4 is 9.47 Å². The Kier molecular flexibility index (Phi) is 6.45. The zero-order valence-electron chi connectivity index (χ0n) is 18.5. The molecule has 0 aromatic heterocycles. The van der Waals surface area contributed by atoms with Gasteiger partial charge >= 0.3 is 0 Å². The maximum Gasteiger partial charge on any atom is 0.206 e. The van der Waals surface area contributed by atoms with Crippen molar-refractivity contribution < 1.29 is 26.3 Å². The van der Waals surface area contributed by atoms with Crippen LogP contribution >= 0.6 is 0 Å². The van der Waals surface area contributed by atoms with Gasteiger partial charge in [0.15, 0.2) is 0 Å². The van der Waals surface area contributed by atoms with Crippen molar-refractivity contribution in [1.82, 2.24) is 0 Å². The van der Waals surface area contributed by atoms with E-state index in [-0.39, 0.29) is 19.6 Å².